The van der Waals surface area contributed by atoms with Crippen molar-refractivity contribution < 1.29 is 19.8 Å². The second kappa shape index (κ2) is 8.60. The first-order chi connectivity index (χ1) is 13.8. The van der Waals surface area contributed by atoms with E-state index in [-0.39, 0.29) is 23.6 Å². The maximum Gasteiger partial charge on any atom is 0.326 e. The first kappa shape index (κ1) is 22.6. The van der Waals surface area contributed by atoms with Crippen LogP contribution in [0.5, 0.6) is 5.75 Å². The molecule has 0 bridgehead atoms. The molecule has 1 aliphatic rings. The van der Waals surface area contributed by atoms with Crippen molar-refractivity contribution >= 4 is 34.9 Å². The fourth-order valence-corrected chi connectivity index (χ4v) is 4.25. The second-order valence-electron chi connectivity index (χ2n) is 8.19. The Kier molecular flexibility index (Phi) is 6.48. The van der Waals surface area contributed by atoms with Gasteiger partial charge < -0.3 is 15.2 Å². The molecule has 30 heavy (non-hydrogen) atoms. The maximum atomic E-state index is 11.0. The molecule has 0 saturated heterocycles. The highest BCUT2D eigenvalue weighted by Gasteiger charge is 2.43. The lowest BCUT2D eigenvalue weighted by molar-refractivity contribution is -0.882. The minimum Gasteiger partial charge on any atom is -0.485 e. The lowest BCUT2D eigenvalue weighted by Crippen LogP contribution is -2.53. The lowest BCUT2D eigenvalue weighted by Gasteiger charge is -2.42. The Balaban J connectivity index is 0.00000256. The van der Waals surface area contributed by atoms with Gasteiger partial charge in [0.25, 0.3) is 5.52 Å². The molecule has 0 saturated carbocycles. The number of benzene rings is 2. The monoisotopic (exact) mass is 449 g/mol. The van der Waals surface area contributed by atoms with Crippen molar-refractivity contribution in [3.63, 3.8) is 0 Å². The zero-order valence-electron chi connectivity index (χ0n) is 17.2. The molecule has 2 aromatic carbocycles. The maximum absolute atomic E-state index is 11.0. The number of aryl methyl sites for hydroxylation is 1. The van der Waals surface area contributed by atoms with Gasteiger partial charge in [-0.1, -0.05) is 30.3 Å². The van der Waals surface area contributed by atoms with Crippen LogP contribution in [0, 0.1) is 6.92 Å². The SMILES string of the molecule is Cc1cc(Cl)[n+](O)c2cc3c(cc12)OC(C)(C)[C@H](O)[C@H]3NCCc1ccccc1.Cl. The smallest absolute Gasteiger partial charge is 0.326 e. The summed E-state index contributed by atoms with van der Waals surface area (Å²) < 4.78 is 7.12. The van der Waals surface area contributed by atoms with Crippen LogP contribution in [0.2, 0.25) is 5.15 Å². The van der Waals surface area contributed by atoms with Gasteiger partial charge in [-0.2, -0.15) is 0 Å². The van der Waals surface area contributed by atoms with Crippen molar-refractivity contribution in [3.05, 3.63) is 70.4 Å². The number of halogens is 2. The van der Waals surface area contributed by atoms with Gasteiger partial charge in [0.1, 0.15) is 17.5 Å². The van der Waals surface area contributed by atoms with Gasteiger partial charge >= 0.3 is 5.15 Å². The normalized spacial score (nSPS) is 19.6. The van der Waals surface area contributed by atoms with E-state index in [2.05, 4.69) is 17.4 Å². The molecule has 5 nitrogen and oxygen atoms in total. The van der Waals surface area contributed by atoms with Crippen molar-refractivity contribution in [1.82, 2.24) is 5.32 Å². The Morgan fingerprint density at radius 2 is 1.87 bits per heavy atom. The largest absolute Gasteiger partial charge is 0.485 e. The van der Waals surface area contributed by atoms with Crippen molar-refractivity contribution in [2.45, 2.75) is 44.9 Å². The van der Waals surface area contributed by atoms with Crippen LogP contribution in [-0.2, 0) is 6.42 Å². The topological polar surface area (TPSA) is 65.6 Å². The quantitative estimate of drug-likeness (QED) is 0.318. The molecule has 0 radical (unpaired) electrons. The fourth-order valence-electron chi connectivity index (χ4n) is 3.99. The molecule has 160 valence electrons. The molecule has 1 aliphatic heterocycles. The molecule has 1 aromatic heterocycles. The molecule has 0 amide bonds. The number of fused-ring (bicyclic) bond motifs is 2. The highest BCUT2D eigenvalue weighted by molar-refractivity contribution is 6.28. The third-order valence-corrected chi connectivity index (χ3v) is 5.95. The van der Waals surface area contributed by atoms with Crippen LogP contribution in [0.3, 0.4) is 0 Å². The number of nitrogens with one attached hydrogen (secondary N) is 1. The summed E-state index contributed by atoms with van der Waals surface area (Å²) in [5.41, 5.74) is 2.82. The van der Waals surface area contributed by atoms with Gasteiger partial charge in [-0.25, -0.2) is 0 Å². The Morgan fingerprint density at radius 3 is 2.57 bits per heavy atom. The Bertz CT molecular complexity index is 1060. The number of aliphatic hydroxyl groups is 1. The lowest BCUT2D eigenvalue weighted by atomic mass is 9.85. The van der Waals surface area contributed by atoms with E-state index in [1.165, 1.54) is 5.56 Å². The molecule has 2 heterocycles. The Morgan fingerprint density at radius 1 is 1.17 bits per heavy atom. The van der Waals surface area contributed by atoms with Crippen LogP contribution in [0.15, 0.2) is 48.5 Å². The molecular formula is C23H27Cl2N2O3+. The number of rotatable bonds is 4. The third kappa shape index (κ3) is 4.08. The molecule has 7 heteroatoms. The number of aliphatic hydroxyl groups excluding tert-OH is 1. The van der Waals surface area contributed by atoms with Crippen LogP contribution in [-0.4, -0.2) is 28.6 Å². The predicted octanol–water partition coefficient (Wildman–Crippen LogP) is 4.15. The van der Waals surface area contributed by atoms with Gasteiger partial charge in [0, 0.05) is 22.4 Å². The molecule has 2 atom stereocenters. The number of aromatic nitrogens is 1. The molecule has 3 aromatic rings. The van der Waals surface area contributed by atoms with Gasteiger partial charge in [-0.3, -0.25) is 5.21 Å². The summed E-state index contributed by atoms with van der Waals surface area (Å²) in [5.74, 6) is 0.704. The summed E-state index contributed by atoms with van der Waals surface area (Å²) in [5, 5.41) is 26.0. The van der Waals surface area contributed by atoms with E-state index in [9.17, 15) is 10.3 Å². The average molecular weight is 450 g/mol. The minimum absolute atomic E-state index is 0. The van der Waals surface area contributed by atoms with E-state index in [1.54, 1.807) is 6.07 Å². The molecule has 4 rings (SSSR count). The summed E-state index contributed by atoms with van der Waals surface area (Å²) in [4.78, 5) is 0. The second-order valence-corrected chi connectivity index (χ2v) is 8.57. The van der Waals surface area contributed by atoms with Crippen molar-refractivity contribution in [2.75, 3.05) is 6.54 Å². The van der Waals surface area contributed by atoms with Crippen LogP contribution in [0.1, 0.15) is 36.6 Å². The fraction of sp³-hybridized carbons (Fsp3) is 0.348. The summed E-state index contributed by atoms with van der Waals surface area (Å²) in [6.07, 6.45) is 0.0924. The zero-order chi connectivity index (χ0) is 20.8. The van der Waals surface area contributed by atoms with E-state index in [1.807, 2.05) is 51.1 Å². The summed E-state index contributed by atoms with van der Waals surface area (Å²) in [6.45, 7) is 6.42. The average Bonchev–Trinajstić information content (AvgIpc) is 2.69. The van der Waals surface area contributed by atoms with Gasteiger partial charge in [0.15, 0.2) is 0 Å². The molecule has 0 fully saturated rings. The first-order valence-corrected chi connectivity index (χ1v) is 10.2. The molecule has 0 spiro atoms. The summed E-state index contributed by atoms with van der Waals surface area (Å²) >= 11 is 6.15. The van der Waals surface area contributed by atoms with Crippen molar-refractivity contribution in [3.8, 4) is 5.75 Å². The van der Waals surface area contributed by atoms with E-state index in [0.717, 1.165) is 27.7 Å². The van der Waals surface area contributed by atoms with E-state index in [4.69, 9.17) is 16.3 Å². The molecule has 0 unspecified atom stereocenters. The Hall–Kier alpha value is -2.05. The Labute approximate surface area is 187 Å². The zero-order valence-corrected chi connectivity index (χ0v) is 18.8. The van der Waals surface area contributed by atoms with E-state index >= 15 is 0 Å². The van der Waals surface area contributed by atoms with Crippen LogP contribution in [0.4, 0.5) is 0 Å². The van der Waals surface area contributed by atoms with Crippen molar-refractivity contribution in [1.29, 1.82) is 0 Å². The first-order valence-electron chi connectivity index (χ1n) is 9.80. The van der Waals surface area contributed by atoms with Gasteiger partial charge in [-0.05, 0) is 62.5 Å². The third-order valence-electron chi connectivity index (χ3n) is 5.68. The van der Waals surface area contributed by atoms with E-state index in [0.29, 0.717) is 17.8 Å². The number of hydrogen-bond donors (Lipinski definition) is 3. The van der Waals surface area contributed by atoms with Crippen LogP contribution < -0.4 is 14.8 Å². The van der Waals surface area contributed by atoms with Gasteiger partial charge in [-0.15, -0.1) is 12.4 Å². The van der Waals surface area contributed by atoms with Gasteiger partial charge in [0.05, 0.1) is 11.4 Å². The van der Waals surface area contributed by atoms with E-state index < -0.39 is 11.7 Å². The molecule has 3 N–H and O–H groups in total. The summed E-state index contributed by atoms with van der Waals surface area (Å²) in [7, 11) is 0. The highest BCUT2D eigenvalue weighted by Crippen LogP contribution is 2.42. The van der Waals surface area contributed by atoms with Crippen LogP contribution in [0.25, 0.3) is 10.9 Å². The summed E-state index contributed by atoms with van der Waals surface area (Å²) in [6, 6.07) is 15.4. The molecular weight excluding hydrogens is 423 g/mol. The minimum atomic E-state index is -0.754. The predicted molar refractivity (Wildman–Crippen MR) is 120 cm³/mol. The standard InChI is InChI=1S/C23H26ClN2O3.ClH/c1-14-11-20(24)26(28)18-12-17-19(13-16(14)18)29-23(2,3)22(27)21(17)25-10-9-15-7-5-4-6-8-15;/h4-8,11-13,21-22,25,27-28H,9-10H2,1-3H3;1H/q+1;/t21-,22+;/m0./s1. The molecule has 0 aliphatic carbocycles. The highest BCUT2D eigenvalue weighted by atomic mass is 35.5. The van der Waals surface area contributed by atoms with Crippen LogP contribution >= 0.6 is 24.0 Å². The van der Waals surface area contributed by atoms with Gasteiger partial charge in [0.2, 0.25) is 0 Å². The number of hydrogen-bond acceptors (Lipinski definition) is 4. The van der Waals surface area contributed by atoms with Crippen molar-refractivity contribution in [2.24, 2.45) is 0 Å². The number of pyridine rings is 1. The number of nitrogens with zero attached hydrogens (tertiary/aromatic N) is 1. The number of ether oxygens (including phenoxy) is 1.